The first kappa shape index (κ1) is 18.6. The molecule has 142 valence electrons. The van der Waals surface area contributed by atoms with Crippen molar-refractivity contribution in [3.05, 3.63) is 59.2 Å². The fourth-order valence-corrected chi connectivity index (χ4v) is 2.91. The molecule has 0 bridgehead atoms. The van der Waals surface area contributed by atoms with E-state index in [0.29, 0.717) is 30.8 Å². The zero-order valence-corrected chi connectivity index (χ0v) is 14.6. The first-order chi connectivity index (χ1) is 13.0. The lowest BCUT2D eigenvalue weighted by atomic mass is 9.99. The van der Waals surface area contributed by atoms with Crippen LogP contribution in [-0.4, -0.2) is 25.7 Å². The molecule has 0 saturated heterocycles. The van der Waals surface area contributed by atoms with Crippen LogP contribution in [0.15, 0.2) is 36.4 Å². The van der Waals surface area contributed by atoms with Gasteiger partial charge in [-0.05, 0) is 31.0 Å². The van der Waals surface area contributed by atoms with E-state index in [1.165, 1.54) is 13.2 Å². The average Bonchev–Trinajstić information content (AvgIpc) is 2.86. The third-order valence-electron chi connectivity index (χ3n) is 4.20. The smallest absolute Gasteiger partial charge is 0.407 e. The van der Waals surface area contributed by atoms with Gasteiger partial charge in [0.05, 0.1) is 25.3 Å². The molecule has 1 heterocycles. The van der Waals surface area contributed by atoms with Crippen LogP contribution in [0.2, 0.25) is 0 Å². The first-order valence-corrected chi connectivity index (χ1v) is 8.36. The fourth-order valence-electron chi connectivity index (χ4n) is 2.91. The minimum absolute atomic E-state index is 0.120. The van der Waals surface area contributed by atoms with Crippen molar-refractivity contribution in [2.75, 3.05) is 19.0 Å². The quantitative estimate of drug-likeness (QED) is 0.855. The van der Waals surface area contributed by atoms with Crippen molar-refractivity contribution in [3.8, 4) is 5.75 Å². The maximum Gasteiger partial charge on any atom is 0.407 e. The van der Waals surface area contributed by atoms with Gasteiger partial charge in [0.15, 0.2) is 11.6 Å². The van der Waals surface area contributed by atoms with Crippen LogP contribution in [0, 0.1) is 11.6 Å². The molecule has 0 unspecified atom stereocenters. The van der Waals surface area contributed by atoms with Crippen molar-refractivity contribution in [1.82, 2.24) is 5.32 Å². The molecule has 3 rings (SSSR count). The van der Waals surface area contributed by atoms with E-state index in [0.717, 1.165) is 12.1 Å². The molecular formula is C19H18F2N2O4. The van der Waals surface area contributed by atoms with E-state index in [1.54, 1.807) is 18.2 Å². The lowest BCUT2D eigenvalue weighted by Crippen LogP contribution is -2.28. The molecule has 0 fully saturated rings. The van der Waals surface area contributed by atoms with Crippen molar-refractivity contribution in [3.63, 3.8) is 0 Å². The van der Waals surface area contributed by atoms with E-state index in [4.69, 9.17) is 4.74 Å². The van der Waals surface area contributed by atoms with E-state index in [-0.39, 0.29) is 17.3 Å². The number of amides is 2. The van der Waals surface area contributed by atoms with Crippen LogP contribution in [-0.2, 0) is 4.74 Å². The number of nitrogens with one attached hydrogen (secondary N) is 2. The van der Waals surface area contributed by atoms with Crippen LogP contribution in [0.5, 0.6) is 5.75 Å². The Kier molecular flexibility index (Phi) is 5.54. The molecule has 0 aliphatic carbocycles. The van der Waals surface area contributed by atoms with Crippen LogP contribution < -0.4 is 15.4 Å². The highest BCUT2D eigenvalue weighted by Crippen LogP contribution is 2.35. The van der Waals surface area contributed by atoms with Gasteiger partial charge in [-0.2, -0.15) is 0 Å². The van der Waals surface area contributed by atoms with Gasteiger partial charge >= 0.3 is 6.09 Å². The molecule has 6 nitrogen and oxygen atoms in total. The van der Waals surface area contributed by atoms with E-state index >= 15 is 0 Å². The molecule has 2 aromatic carbocycles. The number of para-hydroxylation sites is 1. The third kappa shape index (κ3) is 4.16. The fraction of sp³-hybridized carbons (Fsp3) is 0.263. The molecule has 1 aliphatic rings. The first-order valence-electron chi connectivity index (χ1n) is 8.36. The van der Waals surface area contributed by atoms with E-state index in [1.807, 2.05) is 0 Å². The number of anilines is 1. The monoisotopic (exact) mass is 376 g/mol. The van der Waals surface area contributed by atoms with Crippen LogP contribution in [0.1, 0.15) is 34.8 Å². The Hall–Kier alpha value is -3.16. The van der Waals surface area contributed by atoms with Gasteiger partial charge in [0, 0.05) is 17.3 Å². The molecule has 27 heavy (non-hydrogen) atoms. The Morgan fingerprint density at radius 1 is 1.19 bits per heavy atom. The molecule has 0 spiro atoms. The maximum absolute atomic E-state index is 13.4. The Morgan fingerprint density at radius 2 is 2.00 bits per heavy atom. The number of carbonyl (C=O) groups excluding carboxylic acids is 2. The van der Waals surface area contributed by atoms with Crippen LogP contribution in [0.3, 0.4) is 0 Å². The highest BCUT2D eigenvalue weighted by molar-refractivity contribution is 6.06. The summed E-state index contributed by atoms with van der Waals surface area (Å²) in [6.07, 6.45) is 0.716. The number of alkyl carbamates (subject to hydrolysis) is 1. The number of halogens is 2. The standard InChI is InChI=1S/C19H18F2N2O4/c1-26-19(25)23-16-6-3-9-27-17-12(16)4-2-5-13(17)18(24)22-11-7-8-14(20)15(21)10-11/h2,4-5,7-8,10,16H,3,6,9H2,1H3,(H,22,24)(H,23,25)/t16-/m0/s1. The SMILES string of the molecule is COC(=O)N[C@H]1CCCOc2c(C(=O)Nc3ccc(F)c(F)c3)cccc21. The Morgan fingerprint density at radius 3 is 2.74 bits per heavy atom. The Bertz CT molecular complexity index is 873. The van der Waals surface area contributed by atoms with Crippen LogP contribution in [0.4, 0.5) is 19.3 Å². The molecule has 1 aliphatic heterocycles. The highest BCUT2D eigenvalue weighted by Gasteiger charge is 2.26. The summed E-state index contributed by atoms with van der Waals surface area (Å²) in [6, 6.07) is 7.72. The van der Waals surface area contributed by atoms with Crippen molar-refractivity contribution in [2.24, 2.45) is 0 Å². The minimum atomic E-state index is -1.06. The summed E-state index contributed by atoms with van der Waals surface area (Å²) in [7, 11) is 1.27. The second kappa shape index (κ2) is 8.03. The predicted molar refractivity (Wildman–Crippen MR) is 93.8 cm³/mol. The molecule has 8 heteroatoms. The zero-order chi connectivity index (χ0) is 19.4. The molecular weight excluding hydrogens is 358 g/mol. The average molecular weight is 376 g/mol. The Balaban J connectivity index is 1.89. The van der Waals surface area contributed by atoms with E-state index in [2.05, 4.69) is 15.4 Å². The molecule has 0 radical (unpaired) electrons. The van der Waals surface area contributed by atoms with Crippen LogP contribution in [0.25, 0.3) is 0 Å². The van der Waals surface area contributed by atoms with E-state index < -0.39 is 23.6 Å². The predicted octanol–water partition coefficient (Wildman–Crippen LogP) is 3.79. The summed E-state index contributed by atoms with van der Waals surface area (Å²) in [6.45, 7) is 0.377. The summed E-state index contributed by atoms with van der Waals surface area (Å²) in [5.74, 6) is -2.24. The van der Waals surface area contributed by atoms with Gasteiger partial charge in [-0.3, -0.25) is 4.79 Å². The number of rotatable bonds is 3. The summed E-state index contributed by atoms with van der Waals surface area (Å²) in [5, 5.41) is 5.26. The highest BCUT2D eigenvalue weighted by atomic mass is 19.2. The van der Waals surface area contributed by atoms with Crippen molar-refractivity contribution in [2.45, 2.75) is 18.9 Å². The number of methoxy groups -OCH3 is 1. The van der Waals surface area contributed by atoms with Gasteiger partial charge in [-0.15, -0.1) is 0 Å². The lowest BCUT2D eigenvalue weighted by Gasteiger charge is -2.19. The zero-order valence-electron chi connectivity index (χ0n) is 14.6. The van der Waals surface area contributed by atoms with Gasteiger partial charge in [-0.25, -0.2) is 13.6 Å². The summed E-state index contributed by atoms with van der Waals surface area (Å²) in [4.78, 5) is 24.3. The second-order valence-electron chi connectivity index (χ2n) is 5.99. The Labute approximate surface area is 154 Å². The second-order valence-corrected chi connectivity index (χ2v) is 5.99. The molecule has 0 saturated carbocycles. The van der Waals surface area contributed by atoms with Gasteiger partial charge in [0.25, 0.3) is 5.91 Å². The third-order valence-corrected chi connectivity index (χ3v) is 4.20. The topological polar surface area (TPSA) is 76.7 Å². The summed E-state index contributed by atoms with van der Waals surface area (Å²) < 4.78 is 36.8. The number of hydrogen-bond donors (Lipinski definition) is 2. The largest absolute Gasteiger partial charge is 0.492 e. The molecule has 0 aromatic heterocycles. The van der Waals surface area contributed by atoms with Gasteiger partial charge in [0.1, 0.15) is 5.75 Å². The van der Waals surface area contributed by atoms with Gasteiger partial charge in [0.2, 0.25) is 0 Å². The van der Waals surface area contributed by atoms with Crippen molar-refractivity contribution < 1.29 is 27.8 Å². The summed E-state index contributed by atoms with van der Waals surface area (Å²) in [5.41, 5.74) is 1.00. The number of benzene rings is 2. The number of carbonyl (C=O) groups is 2. The molecule has 2 amide bonds. The number of hydrogen-bond acceptors (Lipinski definition) is 4. The van der Waals surface area contributed by atoms with Crippen LogP contribution >= 0.6 is 0 Å². The number of fused-ring (bicyclic) bond motifs is 1. The molecule has 2 aromatic rings. The maximum atomic E-state index is 13.4. The van der Waals surface area contributed by atoms with Crippen molar-refractivity contribution >= 4 is 17.7 Å². The normalized spacial score (nSPS) is 15.7. The van der Waals surface area contributed by atoms with E-state index in [9.17, 15) is 18.4 Å². The lowest BCUT2D eigenvalue weighted by molar-refractivity contribution is 0.102. The number of ether oxygens (including phenoxy) is 2. The summed E-state index contributed by atoms with van der Waals surface area (Å²) >= 11 is 0. The molecule has 2 N–H and O–H groups in total. The van der Waals surface area contributed by atoms with Gasteiger partial charge in [-0.1, -0.05) is 12.1 Å². The minimum Gasteiger partial charge on any atom is -0.492 e. The van der Waals surface area contributed by atoms with Gasteiger partial charge < -0.3 is 20.1 Å². The van der Waals surface area contributed by atoms with Crippen molar-refractivity contribution in [1.29, 1.82) is 0 Å². The molecule has 1 atom stereocenters.